The van der Waals surface area contributed by atoms with Crippen molar-refractivity contribution in [2.45, 2.75) is 20.8 Å². The molecule has 0 N–H and O–H groups in total. The van der Waals surface area contributed by atoms with E-state index in [1.165, 1.54) is 5.56 Å². The molecule has 0 saturated heterocycles. The van der Waals surface area contributed by atoms with Gasteiger partial charge < -0.3 is 0 Å². The zero-order valence-electron chi connectivity index (χ0n) is 11.3. The van der Waals surface area contributed by atoms with Crippen molar-refractivity contribution in [1.82, 2.24) is 0 Å². The van der Waals surface area contributed by atoms with Crippen LogP contribution in [-0.4, -0.2) is 24.4 Å². The van der Waals surface area contributed by atoms with Crippen LogP contribution in [-0.2, 0) is 0 Å². The molecule has 0 aliphatic rings. The Bertz CT molecular complexity index is 620. The monoisotopic (exact) mass is 298 g/mol. The molecule has 0 aliphatic carbocycles. The topological polar surface area (TPSA) is 17.1 Å². The summed E-state index contributed by atoms with van der Waals surface area (Å²) in [5, 5.41) is 1.65. The average Bonchev–Trinajstić information content (AvgIpc) is 2.33. The maximum absolute atomic E-state index is 12.4. The Morgan fingerprint density at radius 2 is 1.75 bits per heavy atom. The van der Waals surface area contributed by atoms with Gasteiger partial charge in [-0.05, 0) is 51.8 Å². The van der Waals surface area contributed by atoms with E-state index in [1.54, 1.807) is 6.07 Å². The Hall–Kier alpha value is -0.573. The van der Waals surface area contributed by atoms with Gasteiger partial charge in [-0.2, -0.15) is 0 Å². The number of benzene rings is 2. The molecule has 0 bridgehead atoms. The van der Waals surface area contributed by atoms with Crippen molar-refractivity contribution >= 4 is 49.9 Å². The van der Waals surface area contributed by atoms with Gasteiger partial charge in [0, 0.05) is 5.56 Å². The predicted octanol–water partition coefficient (Wildman–Crippen LogP) is 3.76. The summed E-state index contributed by atoms with van der Waals surface area (Å²) in [6.45, 7) is 6.00. The third kappa shape index (κ3) is 3.97. The Balaban J connectivity index is 0.00000200. The molecular formula is C16H17ClLiOP. The summed E-state index contributed by atoms with van der Waals surface area (Å²) in [4.78, 5) is 12.4. The van der Waals surface area contributed by atoms with Crippen LogP contribution >= 0.6 is 20.2 Å². The molecule has 1 atom stereocenters. The van der Waals surface area contributed by atoms with Crippen molar-refractivity contribution in [3.8, 4) is 0 Å². The fraction of sp³-hybridized carbons (Fsp3) is 0.188. The predicted molar refractivity (Wildman–Crippen MR) is 91.5 cm³/mol. The van der Waals surface area contributed by atoms with Crippen LogP contribution in [0.4, 0.5) is 0 Å². The van der Waals surface area contributed by atoms with Crippen molar-refractivity contribution in [3.63, 3.8) is 0 Å². The molecule has 0 radical (unpaired) electrons. The molecule has 0 fully saturated rings. The second-order valence-corrected chi connectivity index (χ2v) is 6.35. The Labute approximate surface area is 139 Å². The zero-order chi connectivity index (χ0) is 14.0. The van der Waals surface area contributed by atoms with Crippen molar-refractivity contribution in [3.05, 3.63) is 63.7 Å². The summed E-state index contributed by atoms with van der Waals surface area (Å²) in [5.74, 6) is 0. The summed E-state index contributed by atoms with van der Waals surface area (Å²) in [6.07, 6.45) is 0. The van der Waals surface area contributed by atoms with Gasteiger partial charge in [-0.3, -0.25) is 4.79 Å². The van der Waals surface area contributed by atoms with Gasteiger partial charge >= 0.3 is 18.9 Å². The molecule has 0 spiro atoms. The molecule has 2 aromatic carbocycles. The minimum absolute atomic E-state index is 0. The Morgan fingerprint density at radius 1 is 1.05 bits per heavy atom. The van der Waals surface area contributed by atoms with Gasteiger partial charge in [-0.1, -0.05) is 47.5 Å². The maximum atomic E-state index is 12.4. The number of halogens is 1. The van der Waals surface area contributed by atoms with Gasteiger partial charge in [0.25, 0.3) is 0 Å². The molecule has 2 aromatic rings. The van der Waals surface area contributed by atoms with Gasteiger partial charge in [0.05, 0.1) is 5.02 Å². The molecule has 0 aliphatic heterocycles. The number of carbonyl (C=O) groups is 1. The van der Waals surface area contributed by atoms with Crippen molar-refractivity contribution in [2.24, 2.45) is 0 Å². The molecule has 0 heterocycles. The zero-order valence-corrected chi connectivity index (χ0v) is 13.0. The fourth-order valence-corrected chi connectivity index (χ4v) is 3.64. The summed E-state index contributed by atoms with van der Waals surface area (Å²) in [7, 11) is 0.120. The summed E-state index contributed by atoms with van der Waals surface area (Å²) >= 11 is 6.15. The van der Waals surface area contributed by atoms with Crippen molar-refractivity contribution < 1.29 is 4.79 Å². The van der Waals surface area contributed by atoms with E-state index in [0.29, 0.717) is 10.6 Å². The Kier molecular flexibility index (Phi) is 6.50. The van der Waals surface area contributed by atoms with Crippen LogP contribution in [0.2, 0.25) is 5.02 Å². The van der Waals surface area contributed by atoms with E-state index in [0.717, 1.165) is 16.4 Å². The first-order valence-electron chi connectivity index (χ1n) is 6.13. The second kappa shape index (κ2) is 7.44. The number of hydrogen-bond acceptors (Lipinski definition) is 1. The first kappa shape index (κ1) is 17.5. The number of aryl methyl sites for hydroxylation is 3. The average molecular weight is 299 g/mol. The number of hydrogen-bond donors (Lipinski definition) is 0. The van der Waals surface area contributed by atoms with Crippen LogP contribution in [0.15, 0.2) is 36.4 Å². The number of rotatable bonds is 3. The van der Waals surface area contributed by atoms with Gasteiger partial charge in [0.1, 0.15) is 0 Å². The molecule has 1 nitrogen and oxygen atoms in total. The van der Waals surface area contributed by atoms with E-state index < -0.39 is 0 Å². The molecule has 0 saturated carbocycles. The van der Waals surface area contributed by atoms with Crippen LogP contribution in [0, 0.1) is 20.8 Å². The number of carbonyl (C=O) groups excluding carboxylic acids is 1. The molecule has 2 rings (SSSR count). The third-order valence-electron chi connectivity index (χ3n) is 3.09. The summed E-state index contributed by atoms with van der Waals surface area (Å²) in [6, 6.07) is 11.8. The van der Waals surface area contributed by atoms with Gasteiger partial charge in [-0.15, -0.1) is 0 Å². The standard InChI is InChI=1S/C16H16ClOP.Li.H/c1-10-7-8-11(2)14(9-10)19-16(18)15-12(3)5-4-6-13(15)17;;/h4-9,19H,1-3H3;;. The Morgan fingerprint density at radius 3 is 2.40 bits per heavy atom. The van der Waals surface area contributed by atoms with E-state index in [4.69, 9.17) is 11.6 Å². The molecule has 100 valence electrons. The van der Waals surface area contributed by atoms with Crippen LogP contribution in [0.3, 0.4) is 0 Å². The minimum atomic E-state index is 0. The molecule has 0 amide bonds. The first-order chi connectivity index (χ1) is 8.99. The van der Waals surface area contributed by atoms with Crippen molar-refractivity contribution in [1.29, 1.82) is 0 Å². The normalized spacial score (nSPS) is 10.6. The van der Waals surface area contributed by atoms with Crippen LogP contribution in [0.25, 0.3) is 0 Å². The van der Waals surface area contributed by atoms with E-state index in [2.05, 4.69) is 18.2 Å². The second-order valence-electron chi connectivity index (χ2n) is 4.70. The third-order valence-corrected chi connectivity index (χ3v) is 4.69. The van der Waals surface area contributed by atoms with Gasteiger partial charge in [-0.25, -0.2) is 0 Å². The molecule has 1 unspecified atom stereocenters. The fourth-order valence-electron chi connectivity index (χ4n) is 1.97. The van der Waals surface area contributed by atoms with E-state index in [-0.39, 0.29) is 33.0 Å². The SMILES string of the molecule is Cc1ccc(C)c(PC(=O)c2c(C)cccc2Cl)c1.[LiH]. The van der Waals surface area contributed by atoms with E-state index in [1.807, 2.05) is 32.9 Å². The first-order valence-corrected chi connectivity index (χ1v) is 7.50. The molecule has 20 heavy (non-hydrogen) atoms. The molecule has 0 aromatic heterocycles. The van der Waals surface area contributed by atoms with Gasteiger partial charge in [0.15, 0.2) is 5.52 Å². The molecule has 4 heteroatoms. The summed E-state index contributed by atoms with van der Waals surface area (Å²) < 4.78 is 0. The van der Waals surface area contributed by atoms with E-state index >= 15 is 0 Å². The summed E-state index contributed by atoms with van der Waals surface area (Å²) in [5.41, 5.74) is 4.04. The van der Waals surface area contributed by atoms with Gasteiger partial charge in [0.2, 0.25) is 0 Å². The quantitative estimate of drug-likeness (QED) is 0.623. The van der Waals surface area contributed by atoms with Crippen LogP contribution in [0.5, 0.6) is 0 Å². The van der Waals surface area contributed by atoms with Crippen molar-refractivity contribution in [2.75, 3.05) is 0 Å². The van der Waals surface area contributed by atoms with Crippen LogP contribution < -0.4 is 5.30 Å². The molecular weight excluding hydrogens is 282 g/mol. The van der Waals surface area contributed by atoms with E-state index in [9.17, 15) is 4.79 Å². The van der Waals surface area contributed by atoms with Crippen LogP contribution in [0.1, 0.15) is 27.0 Å².